The number of nitriles is 1. The van der Waals surface area contributed by atoms with Gasteiger partial charge in [-0.25, -0.2) is 0 Å². The van der Waals surface area contributed by atoms with E-state index in [0.717, 1.165) is 0 Å². The van der Waals surface area contributed by atoms with Gasteiger partial charge in [0.1, 0.15) is 5.60 Å². The van der Waals surface area contributed by atoms with Crippen LogP contribution < -0.4 is 0 Å². The Morgan fingerprint density at radius 1 is 1.90 bits per heavy atom. The van der Waals surface area contributed by atoms with Crippen LogP contribution in [0, 0.1) is 11.3 Å². The molecular weight excluding hydrogens is 130 g/mol. The van der Waals surface area contributed by atoms with Gasteiger partial charge < -0.3 is 9.84 Å². The van der Waals surface area contributed by atoms with Crippen molar-refractivity contribution in [2.45, 2.75) is 31.5 Å². The molecule has 1 rings (SSSR count). The van der Waals surface area contributed by atoms with E-state index in [4.69, 9.17) is 10.00 Å². The van der Waals surface area contributed by atoms with Gasteiger partial charge in [-0.2, -0.15) is 5.26 Å². The molecule has 1 heterocycles. The van der Waals surface area contributed by atoms with Crippen LogP contribution in [-0.4, -0.2) is 23.4 Å². The topological polar surface area (TPSA) is 53.2 Å². The fourth-order valence-corrected chi connectivity index (χ4v) is 1.14. The third kappa shape index (κ3) is 1.13. The Bertz CT molecular complexity index is 163. The first-order valence-corrected chi connectivity index (χ1v) is 3.40. The Balaban J connectivity index is 2.58. The minimum Gasteiger partial charge on any atom is -0.386 e. The molecule has 1 saturated heterocycles. The van der Waals surface area contributed by atoms with Gasteiger partial charge in [-0.3, -0.25) is 0 Å². The zero-order valence-corrected chi connectivity index (χ0v) is 6.00. The van der Waals surface area contributed by atoms with Crippen molar-refractivity contribution >= 4 is 0 Å². The van der Waals surface area contributed by atoms with E-state index in [1.54, 1.807) is 6.92 Å². The SMILES string of the molecule is CC1OCCC1(O)CC#N. The van der Waals surface area contributed by atoms with Crippen LogP contribution in [0.5, 0.6) is 0 Å². The van der Waals surface area contributed by atoms with Gasteiger partial charge >= 0.3 is 0 Å². The molecule has 1 N–H and O–H groups in total. The summed E-state index contributed by atoms with van der Waals surface area (Å²) in [5.41, 5.74) is -0.880. The van der Waals surface area contributed by atoms with E-state index in [0.29, 0.717) is 13.0 Å². The van der Waals surface area contributed by atoms with E-state index in [2.05, 4.69) is 0 Å². The lowest BCUT2D eigenvalue weighted by Crippen LogP contribution is -2.35. The summed E-state index contributed by atoms with van der Waals surface area (Å²) < 4.78 is 5.12. The Hall–Kier alpha value is -0.590. The van der Waals surface area contributed by atoms with Gasteiger partial charge in [0.25, 0.3) is 0 Å². The minimum absolute atomic E-state index is 0.175. The molecule has 0 aliphatic carbocycles. The quantitative estimate of drug-likeness (QED) is 0.576. The molecule has 0 radical (unpaired) electrons. The van der Waals surface area contributed by atoms with Crippen molar-refractivity contribution < 1.29 is 9.84 Å². The van der Waals surface area contributed by atoms with Crippen molar-refractivity contribution in [2.75, 3.05) is 6.61 Å². The van der Waals surface area contributed by atoms with Crippen molar-refractivity contribution in [3.8, 4) is 6.07 Å². The Labute approximate surface area is 60.2 Å². The largest absolute Gasteiger partial charge is 0.386 e. The Morgan fingerprint density at radius 2 is 2.60 bits per heavy atom. The summed E-state index contributed by atoms with van der Waals surface area (Å²) in [6.07, 6.45) is 0.572. The predicted octanol–water partition coefficient (Wildman–Crippen LogP) is 0.440. The van der Waals surface area contributed by atoms with E-state index < -0.39 is 5.60 Å². The molecule has 3 heteroatoms. The smallest absolute Gasteiger partial charge is 0.106 e. The summed E-state index contributed by atoms with van der Waals surface area (Å²) in [7, 11) is 0. The molecule has 1 aliphatic rings. The first-order valence-electron chi connectivity index (χ1n) is 3.40. The van der Waals surface area contributed by atoms with E-state index in [1.165, 1.54) is 0 Å². The standard InChI is InChI=1S/C7H11NO2/c1-6-7(9,2-4-8)3-5-10-6/h6,9H,2-3,5H2,1H3. The van der Waals surface area contributed by atoms with Crippen LogP contribution >= 0.6 is 0 Å². The van der Waals surface area contributed by atoms with Gasteiger partial charge in [0.05, 0.1) is 18.6 Å². The second-order valence-corrected chi connectivity index (χ2v) is 2.70. The molecule has 0 aromatic heterocycles. The lowest BCUT2D eigenvalue weighted by Gasteiger charge is -2.21. The molecule has 1 aliphatic heterocycles. The second-order valence-electron chi connectivity index (χ2n) is 2.70. The van der Waals surface area contributed by atoms with Crippen LogP contribution in [0.4, 0.5) is 0 Å². The summed E-state index contributed by atoms with van der Waals surface area (Å²) in [4.78, 5) is 0. The van der Waals surface area contributed by atoms with Crippen molar-refractivity contribution in [3.63, 3.8) is 0 Å². The Morgan fingerprint density at radius 3 is 3.00 bits per heavy atom. The molecular formula is C7H11NO2. The predicted molar refractivity (Wildman–Crippen MR) is 35.2 cm³/mol. The zero-order valence-electron chi connectivity index (χ0n) is 6.00. The average Bonchev–Trinajstić information content (AvgIpc) is 2.15. The Kier molecular flexibility index (Phi) is 1.93. The summed E-state index contributed by atoms with van der Waals surface area (Å²) >= 11 is 0. The fraction of sp³-hybridized carbons (Fsp3) is 0.857. The highest BCUT2D eigenvalue weighted by Gasteiger charge is 2.39. The van der Waals surface area contributed by atoms with Crippen LogP contribution in [0.1, 0.15) is 19.8 Å². The third-order valence-electron chi connectivity index (χ3n) is 2.04. The number of hydrogen-bond donors (Lipinski definition) is 1. The van der Waals surface area contributed by atoms with Crippen LogP contribution in [-0.2, 0) is 4.74 Å². The number of rotatable bonds is 1. The zero-order chi connectivity index (χ0) is 7.61. The third-order valence-corrected chi connectivity index (χ3v) is 2.04. The molecule has 0 saturated carbocycles. The molecule has 0 aromatic carbocycles. The van der Waals surface area contributed by atoms with Gasteiger partial charge in [0.15, 0.2) is 0 Å². The molecule has 2 atom stereocenters. The van der Waals surface area contributed by atoms with Crippen molar-refractivity contribution in [1.29, 1.82) is 5.26 Å². The molecule has 56 valence electrons. The summed E-state index contributed by atoms with van der Waals surface area (Å²) in [6.45, 7) is 2.36. The fourth-order valence-electron chi connectivity index (χ4n) is 1.14. The second kappa shape index (κ2) is 2.57. The van der Waals surface area contributed by atoms with Crippen molar-refractivity contribution in [1.82, 2.24) is 0 Å². The molecule has 0 amide bonds. The molecule has 0 spiro atoms. The lowest BCUT2D eigenvalue weighted by atomic mass is 9.94. The van der Waals surface area contributed by atoms with Crippen molar-refractivity contribution in [2.24, 2.45) is 0 Å². The highest BCUT2D eigenvalue weighted by molar-refractivity contribution is 4.96. The molecule has 0 bridgehead atoms. The van der Waals surface area contributed by atoms with Gasteiger partial charge in [0, 0.05) is 13.0 Å². The first kappa shape index (κ1) is 7.52. The van der Waals surface area contributed by atoms with E-state index in [9.17, 15) is 5.11 Å². The maximum atomic E-state index is 9.61. The first-order chi connectivity index (χ1) is 4.69. The number of ether oxygens (including phenoxy) is 1. The van der Waals surface area contributed by atoms with Gasteiger partial charge in [-0.05, 0) is 6.92 Å². The lowest BCUT2D eigenvalue weighted by molar-refractivity contribution is -0.0238. The summed E-state index contributed by atoms with van der Waals surface area (Å²) in [5.74, 6) is 0. The van der Waals surface area contributed by atoms with E-state index in [-0.39, 0.29) is 12.5 Å². The molecule has 10 heavy (non-hydrogen) atoms. The number of aliphatic hydroxyl groups is 1. The maximum absolute atomic E-state index is 9.61. The normalized spacial score (nSPS) is 39.5. The monoisotopic (exact) mass is 141 g/mol. The molecule has 3 nitrogen and oxygen atoms in total. The minimum atomic E-state index is -0.880. The van der Waals surface area contributed by atoms with Gasteiger partial charge in [-0.1, -0.05) is 0 Å². The van der Waals surface area contributed by atoms with Gasteiger partial charge in [0.2, 0.25) is 0 Å². The highest BCUT2D eigenvalue weighted by Crippen LogP contribution is 2.28. The molecule has 0 aromatic rings. The summed E-state index contributed by atoms with van der Waals surface area (Å²) in [6, 6.07) is 1.95. The van der Waals surface area contributed by atoms with E-state index >= 15 is 0 Å². The average molecular weight is 141 g/mol. The molecule has 2 unspecified atom stereocenters. The van der Waals surface area contributed by atoms with Crippen LogP contribution in [0.25, 0.3) is 0 Å². The number of hydrogen-bond acceptors (Lipinski definition) is 3. The summed E-state index contributed by atoms with van der Waals surface area (Å²) in [5, 5.41) is 18.0. The van der Waals surface area contributed by atoms with Crippen LogP contribution in [0.15, 0.2) is 0 Å². The highest BCUT2D eigenvalue weighted by atomic mass is 16.5. The van der Waals surface area contributed by atoms with E-state index in [1.807, 2.05) is 6.07 Å². The van der Waals surface area contributed by atoms with Crippen LogP contribution in [0.2, 0.25) is 0 Å². The van der Waals surface area contributed by atoms with Crippen LogP contribution in [0.3, 0.4) is 0 Å². The van der Waals surface area contributed by atoms with Gasteiger partial charge in [-0.15, -0.1) is 0 Å². The van der Waals surface area contributed by atoms with Crippen molar-refractivity contribution in [3.05, 3.63) is 0 Å². The maximum Gasteiger partial charge on any atom is 0.106 e. The molecule has 1 fully saturated rings. The number of nitrogens with zero attached hydrogens (tertiary/aromatic N) is 1.